The van der Waals surface area contributed by atoms with Crippen LogP contribution in [0.15, 0.2) is 54.3 Å². The lowest BCUT2D eigenvalue weighted by Gasteiger charge is -2.28. The van der Waals surface area contributed by atoms with Gasteiger partial charge in [0.15, 0.2) is 0 Å². The summed E-state index contributed by atoms with van der Waals surface area (Å²) in [7, 11) is 1.68. The first-order chi connectivity index (χ1) is 14.2. The molecule has 0 radical (unpaired) electrons. The molecule has 1 heterocycles. The summed E-state index contributed by atoms with van der Waals surface area (Å²) < 4.78 is 16.4. The molecule has 5 nitrogen and oxygen atoms in total. The molecule has 4 rings (SSSR count). The van der Waals surface area contributed by atoms with Crippen LogP contribution in [0.2, 0.25) is 0 Å². The number of benzene rings is 2. The summed E-state index contributed by atoms with van der Waals surface area (Å²) in [5.74, 6) is -1.14. The zero-order chi connectivity index (χ0) is 20.2. The number of methoxy groups -OCH3 is 1. The van der Waals surface area contributed by atoms with Gasteiger partial charge in [-0.05, 0) is 53.2 Å². The van der Waals surface area contributed by atoms with Crippen molar-refractivity contribution < 1.29 is 24.1 Å². The van der Waals surface area contributed by atoms with Crippen molar-refractivity contribution >= 4 is 5.97 Å². The second-order valence-corrected chi connectivity index (χ2v) is 7.55. The van der Waals surface area contributed by atoms with E-state index in [1.807, 2.05) is 0 Å². The Morgan fingerprint density at radius 1 is 1.10 bits per heavy atom. The number of allylic oxidation sites excluding steroid dienone is 1. The summed E-state index contributed by atoms with van der Waals surface area (Å²) >= 11 is 0. The maximum atomic E-state index is 11.6. The Labute approximate surface area is 170 Å². The van der Waals surface area contributed by atoms with Crippen LogP contribution in [0.5, 0.6) is 0 Å². The van der Waals surface area contributed by atoms with Crippen molar-refractivity contribution in [1.29, 1.82) is 0 Å². The van der Waals surface area contributed by atoms with Crippen LogP contribution >= 0.6 is 0 Å². The monoisotopic (exact) mass is 394 g/mol. The second-order valence-electron chi connectivity index (χ2n) is 7.55. The molecule has 0 bridgehead atoms. The van der Waals surface area contributed by atoms with Crippen molar-refractivity contribution in [2.75, 3.05) is 20.3 Å². The third-order valence-electron chi connectivity index (χ3n) is 5.56. The van der Waals surface area contributed by atoms with Gasteiger partial charge in [0.2, 0.25) is 12.0 Å². The summed E-state index contributed by atoms with van der Waals surface area (Å²) in [6.07, 6.45) is 4.42. The van der Waals surface area contributed by atoms with Crippen molar-refractivity contribution in [3.8, 4) is 11.1 Å². The number of carboxylic acid groups (broad SMARTS) is 1. The Hall–Kier alpha value is -2.63. The molecule has 0 fully saturated rings. The lowest BCUT2D eigenvalue weighted by atomic mass is 9.90. The van der Waals surface area contributed by atoms with Crippen LogP contribution < -0.4 is 0 Å². The number of fused-ring (bicyclic) bond motifs is 3. The van der Waals surface area contributed by atoms with Gasteiger partial charge < -0.3 is 19.3 Å². The second kappa shape index (κ2) is 8.80. The lowest BCUT2D eigenvalue weighted by Crippen LogP contribution is -2.27. The number of rotatable bonds is 8. The first-order valence-electron chi connectivity index (χ1n) is 10.1. The smallest absolute Gasteiger partial charge is 0.370 e. The third-order valence-corrected chi connectivity index (χ3v) is 5.56. The van der Waals surface area contributed by atoms with E-state index in [-0.39, 0.29) is 11.7 Å². The highest BCUT2D eigenvalue weighted by Crippen LogP contribution is 2.39. The molecule has 0 amide bonds. The average Bonchev–Trinajstić information content (AvgIpc) is 3.11. The molecule has 1 aliphatic heterocycles. The topological polar surface area (TPSA) is 65.0 Å². The SMILES string of the molecule is COCCCCOC1CC(c2ccc3c(c2)Cc2ccccc2-3)C=C(C(=O)O)O1. The van der Waals surface area contributed by atoms with Crippen LogP contribution in [0.1, 0.15) is 41.9 Å². The Bertz CT molecular complexity index is 917. The fourth-order valence-corrected chi connectivity index (χ4v) is 4.10. The minimum atomic E-state index is -1.06. The molecule has 2 atom stereocenters. The summed E-state index contributed by atoms with van der Waals surface area (Å²) in [4.78, 5) is 11.6. The lowest BCUT2D eigenvalue weighted by molar-refractivity contribution is -0.157. The van der Waals surface area contributed by atoms with Crippen molar-refractivity contribution in [2.45, 2.75) is 37.9 Å². The molecule has 2 aromatic rings. The Morgan fingerprint density at radius 2 is 1.90 bits per heavy atom. The van der Waals surface area contributed by atoms with E-state index < -0.39 is 12.3 Å². The van der Waals surface area contributed by atoms with Crippen LogP contribution in [0, 0.1) is 0 Å². The Kier molecular flexibility index (Phi) is 5.97. The van der Waals surface area contributed by atoms with E-state index in [0.717, 1.165) is 24.8 Å². The number of carboxylic acids is 1. The number of unbranched alkanes of at least 4 members (excludes halogenated alkanes) is 1. The first kappa shape index (κ1) is 19.7. The first-order valence-corrected chi connectivity index (χ1v) is 10.1. The van der Waals surface area contributed by atoms with Crippen molar-refractivity contribution in [3.63, 3.8) is 0 Å². The highest BCUT2D eigenvalue weighted by Gasteiger charge is 2.29. The number of hydrogen-bond acceptors (Lipinski definition) is 4. The van der Waals surface area contributed by atoms with Crippen LogP contribution in [0.4, 0.5) is 0 Å². The highest BCUT2D eigenvalue weighted by atomic mass is 16.7. The third kappa shape index (κ3) is 4.36. The molecular weight excluding hydrogens is 368 g/mol. The zero-order valence-electron chi connectivity index (χ0n) is 16.6. The van der Waals surface area contributed by atoms with E-state index in [1.165, 1.54) is 22.3 Å². The van der Waals surface area contributed by atoms with E-state index >= 15 is 0 Å². The minimum Gasteiger partial charge on any atom is -0.475 e. The van der Waals surface area contributed by atoms with E-state index in [0.29, 0.717) is 19.6 Å². The average molecular weight is 394 g/mol. The maximum Gasteiger partial charge on any atom is 0.370 e. The van der Waals surface area contributed by atoms with Crippen LogP contribution in [0.3, 0.4) is 0 Å². The number of ether oxygens (including phenoxy) is 3. The van der Waals surface area contributed by atoms with Crippen LogP contribution in [0.25, 0.3) is 11.1 Å². The molecule has 0 spiro atoms. The predicted molar refractivity (Wildman–Crippen MR) is 110 cm³/mol. The highest BCUT2D eigenvalue weighted by molar-refractivity contribution is 5.84. The molecule has 29 heavy (non-hydrogen) atoms. The Morgan fingerprint density at radius 3 is 2.72 bits per heavy atom. The largest absolute Gasteiger partial charge is 0.475 e. The summed E-state index contributed by atoms with van der Waals surface area (Å²) in [5.41, 5.74) is 6.29. The van der Waals surface area contributed by atoms with Gasteiger partial charge in [0.1, 0.15) is 0 Å². The molecule has 5 heteroatoms. The molecule has 0 aromatic heterocycles. The van der Waals surface area contributed by atoms with Gasteiger partial charge in [0, 0.05) is 26.1 Å². The number of carbonyl (C=O) groups is 1. The van der Waals surface area contributed by atoms with Gasteiger partial charge in [-0.3, -0.25) is 0 Å². The van der Waals surface area contributed by atoms with Crippen molar-refractivity contribution in [3.05, 3.63) is 71.0 Å². The summed E-state index contributed by atoms with van der Waals surface area (Å²) in [6.45, 7) is 1.21. The molecule has 2 aromatic carbocycles. The standard InChI is InChI=1S/C24H26O5/c1-27-10-4-5-11-28-23-15-18(14-22(29-23)24(25)26)16-8-9-21-19(12-16)13-17-6-2-3-7-20(17)21/h2-3,6-9,12,14,18,23H,4-5,10-11,13,15H2,1H3,(H,25,26). The molecule has 2 aliphatic rings. The van der Waals surface area contributed by atoms with E-state index in [9.17, 15) is 9.90 Å². The molecule has 1 aliphatic carbocycles. The van der Waals surface area contributed by atoms with Crippen LogP contribution in [-0.2, 0) is 25.4 Å². The number of hydrogen-bond donors (Lipinski definition) is 1. The minimum absolute atomic E-state index is 0.0353. The summed E-state index contributed by atoms with van der Waals surface area (Å²) in [5, 5.41) is 9.47. The van der Waals surface area contributed by atoms with Gasteiger partial charge in [0.25, 0.3) is 0 Å². The van der Waals surface area contributed by atoms with E-state index in [4.69, 9.17) is 14.2 Å². The quantitative estimate of drug-likeness (QED) is 0.570. The van der Waals surface area contributed by atoms with Crippen LogP contribution in [-0.4, -0.2) is 37.7 Å². The fraction of sp³-hybridized carbons (Fsp3) is 0.375. The van der Waals surface area contributed by atoms with Gasteiger partial charge in [-0.15, -0.1) is 0 Å². The number of aliphatic carboxylic acids is 1. The molecule has 0 saturated heterocycles. The fourth-order valence-electron chi connectivity index (χ4n) is 4.10. The van der Waals surface area contributed by atoms with E-state index in [1.54, 1.807) is 13.2 Å². The van der Waals surface area contributed by atoms with Gasteiger partial charge in [-0.2, -0.15) is 0 Å². The van der Waals surface area contributed by atoms with Gasteiger partial charge in [-0.1, -0.05) is 42.5 Å². The zero-order valence-corrected chi connectivity index (χ0v) is 16.6. The van der Waals surface area contributed by atoms with Gasteiger partial charge in [0.05, 0.1) is 6.61 Å². The van der Waals surface area contributed by atoms with Crippen molar-refractivity contribution in [1.82, 2.24) is 0 Å². The summed E-state index contributed by atoms with van der Waals surface area (Å²) in [6, 6.07) is 14.9. The van der Waals surface area contributed by atoms with E-state index in [2.05, 4.69) is 42.5 Å². The van der Waals surface area contributed by atoms with Gasteiger partial charge in [-0.25, -0.2) is 4.79 Å². The molecular formula is C24H26O5. The Balaban J connectivity index is 1.50. The molecule has 1 N–H and O–H groups in total. The van der Waals surface area contributed by atoms with Gasteiger partial charge >= 0.3 is 5.97 Å². The molecule has 0 saturated carbocycles. The normalized spacial score (nSPS) is 19.8. The molecule has 2 unspecified atom stereocenters. The van der Waals surface area contributed by atoms with Crippen molar-refractivity contribution in [2.24, 2.45) is 0 Å². The predicted octanol–water partition coefficient (Wildman–Crippen LogP) is 4.50. The maximum absolute atomic E-state index is 11.6. The molecule has 152 valence electrons.